The van der Waals surface area contributed by atoms with Gasteiger partial charge in [0.15, 0.2) is 10.7 Å². The van der Waals surface area contributed by atoms with E-state index in [2.05, 4.69) is 10.3 Å². The van der Waals surface area contributed by atoms with Crippen molar-refractivity contribution < 1.29 is 9.59 Å². The number of anilines is 1. The molecule has 146 valence electrons. The lowest BCUT2D eigenvalue weighted by Crippen LogP contribution is -2.14. The van der Waals surface area contributed by atoms with Crippen LogP contribution < -0.4 is 5.32 Å². The fourth-order valence-corrected chi connectivity index (χ4v) is 3.91. The zero-order valence-electron chi connectivity index (χ0n) is 16.3. The zero-order chi connectivity index (χ0) is 20.4. The number of benzene rings is 2. The minimum atomic E-state index is -0.168. The molecular weight excluding hydrogens is 382 g/mol. The lowest BCUT2D eigenvalue weighted by atomic mass is 9.99. The first-order valence-electron chi connectivity index (χ1n) is 9.42. The highest BCUT2D eigenvalue weighted by atomic mass is 32.1. The Morgan fingerprint density at radius 3 is 2.62 bits per heavy atom. The Morgan fingerprint density at radius 1 is 1.07 bits per heavy atom. The third-order valence-electron chi connectivity index (χ3n) is 4.83. The van der Waals surface area contributed by atoms with Gasteiger partial charge in [0.2, 0.25) is 5.91 Å². The van der Waals surface area contributed by atoms with E-state index >= 15 is 0 Å². The van der Waals surface area contributed by atoms with Gasteiger partial charge >= 0.3 is 0 Å². The molecule has 2 aromatic heterocycles. The number of rotatable bonds is 6. The summed E-state index contributed by atoms with van der Waals surface area (Å²) in [5.41, 5.74) is 5.27. The molecule has 6 heteroatoms. The van der Waals surface area contributed by atoms with Crippen molar-refractivity contribution >= 4 is 33.7 Å². The van der Waals surface area contributed by atoms with Crippen LogP contribution in [-0.2, 0) is 4.79 Å². The maximum Gasteiger partial charge on any atom is 0.224 e. The first-order chi connectivity index (χ1) is 14.0. The molecule has 0 aliphatic rings. The lowest BCUT2D eigenvalue weighted by Gasteiger charge is -2.08. The molecule has 5 nitrogen and oxygen atoms in total. The number of nitrogens with one attached hydrogen (secondary N) is 1. The summed E-state index contributed by atoms with van der Waals surface area (Å²) >= 11 is 1.59. The molecule has 1 N–H and O–H groups in total. The van der Waals surface area contributed by atoms with E-state index in [1.165, 1.54) is 0 Å². The molecule has 0 saturated heterocycles. The maximum atomic E-state index is 12.4. The molecule has 0 atom stereocenters. The normalized spacial score (nSPS) is 11.0. The Balaban J connectivity index is 1.35. The molecule has 0 aliphatic heterocycles. The topological polar surface area (TPSA) is 63.5 Å². The van der Waals surface area contributed by atoms with Crippen LogP contribution in [0.4, 0.5) is 5.69 Å². The van der Waals surface area contributed by atoms with Crippen molar-refractivity contribution in [3.05, 3.63) is 76.9 Å². The summed E-state index contributed by atoms with van der Waals surface area (Å²) in [6, 6.07) is 13.4. The number of ketones is 1. The Bertz CT molecular complexity index is 1160. The molecule has 0 radical (unpaired) electrons. The van der Waals surface area contributed by atoms with Crippen LogP contribution >= 0.6 is 11.3 Å². The molecule has 4 aromatic rings. The SMILES string of the molecule is Cc1ccc(C)c(C(=O)CCC(=O)Nc2ccc(-c3cn4ccsc4n3)cc2)c1. The summed E-state index contributed by atoms with van der Waals surface area (Å²) in [4.78, 5) is 30.2. The van der Waals surface area contributed by atoms with E-state index in [-0.39, 0.29) is 24.5 Å². The number of Topliss-reactive ketones (excluding diaryl/α,β-unsaturated/α-hetero) is 1. The Labute approximate surface area is 173 Å². The summed E-state index contributed by atoms with van der Waals surface area (Å²) in [6.45, 7) is 3.87. The summed E-state index contributed by atoms with van der Waals surface area (Å²) in [5, 5.41) is 4.86. The predicted molar refractivity (Wildman–Crippen MR) is 117 cm³/mol. The fourth-order valence-electron chi connectivity index (χ4n) is 3.21. The van der Waals surface area contributed by atoms with E-state index in [1.54, 1.807) is 11.3 Å². The van der Waals surface area contributed by atoms with E-state index < -0.39 is 0 Å². The molecule has 0 aliphatic carbocycles. The smallest absolute Gasteiger partial charge is 0.224 e. The van der Waals surface area contributed by atoms with Crippen LogP contribution in [0, 0.1) is 13.8 Å². The highest BCUT2D eigenvalue weighted by Crippen LogP contribution is 2.23. The quantitative estimate of drug-likeness (QED) is 0.446. The van der Waals surface area contributed by atoms with Crippen LogP contribution in [0.2, 0.25) is 0 Å². The summed E-state index contributed by atoms with van der Waals surface area (Å²) in [7, 11) is 0. The first-order valence-corrected chi connectivity index (χ1v) is 10.3. The van der Waals surface area contributed by atoms with Gasteiger partial charge in [0.1, 0.15) is 0 Å². The minimum Gasteiger partial charge on any atom is -0.326 e. The van der Waals surface area contributed by atoms with Gasteiger partial charge in [-0.1, -0.05) is 29.8 Å². The zero-order valence-corrected chi connectivity index (χ0v) is 17.1. The van der Waals surface area contributed by atoms with Crippen LogP contribution in [0.25, 0.3) is 16.2 Å². The second-order valence-electron chi connectivity index (χ2n) is 7.09. The lowest BCUT2D eigenvalue weighted by molar-refractivity contribution is -0.116. The molecule has 29 heavy (non-hydrogen) atoms. The van der Waals surface area contributed by atoms with Crippen molar-refractivity contribution in [2.24, 2.45) is 0 Å². The maximum absolute atomic E-state index is 12.4. The number of thiazole rings is 1. The van der Waals surface area contributed by atoms with Crippen LogP contribution in [0.15, 0.2) is 60.2 Å². The van der Waals surface area contributed by atoms with Gasteiger partial charge < -0.3 is 5.32 Å². The Kier molecular flexibility index (Phi) is 5.27. The second kappa shape index (κ2) is 8.01. The Hall–Kier alpha value is -3.25. The molecule has 0 fully saturated rings. The standard InChI is InChI=1S/C23H21N3O2S/c1-15-3-4-16(2)19(13-15)21(27)9-10-22(28)24-18-7-5-17(6-8-18)20-14-26-11-12-29-23(26)25-20/h3-8,11-14H,9-10H2,1-2H3,(H,24,28). The van der Waals surface area contributed by atoms with Gasteiger partial charge in [-0.2, -0.15) is 0 Å². The van der Waals surface area contributed by atoms with Crippen molar-refractivity contribution in [3.8, 4) is 11.3 Å². The van der Waals surface area contributed by atoms with Crippen LogP contribution in [0.5, 0.6) is 0 Å². The van der Waals surface area contributed by atoms with Crippen LogP contribution in [0.3, 0.4) is 0 Å². The average Bonchev–Trinajstić information content (AvgIpc) is 3.31. The predicted octanol–water partition coefficient (Wildman–Crippen LogP) is 5.28. The third kappa shape index (κ3) is 4.27. The number of amides is 1. The van der Waals surface area contributed by atoms with E-state index in [1.807, 2.05) is 78.5 Å². The number of nitrogens with zero attached hydrogens (tertiary/aromatic N) is 2. The molecule has 2 heterocycles. The second-order valence-corrected chi connectivity index (χ2v) is 7.96. The Morgan fingerprint density at radius 2 is 1.86 bits per heavy atom. The van der Waals surface area contributed by atoms with E-state index in [0.29, 0.717) is 11.3 Å². The van der Waals surface area contributed by atoms with Gasteiger partial charge in [0.25, 0.3) is 0 Å². The first kappa shape index (κ1) is 19.1. The molecule has 4 rings (SSSR count). The molecule has 0 bridgehead atoms. The largest absolute Gasteiger partial charge is 0.326 e. The van der Waals surface area contributed by atoms with Gasteiger partial charge in [-0.3, -0.25) is 14.0 Å². The highest BCUT2D eigenvalue weighted by Gasteiger charge is 2.12. The number of carbonyl (C=O) groups is 2. The number of hydrogen-bond donors (Lipinski definition) is 1. The molecule has 0 unspecified atom stereocenters. The summed E-state index contributed by atoms with van der Waals surface area (Å²) in [6.07, 6.45) is 4.31. The summed E-state index contributed by atoms with van der Waals surface area (Å²) < 4.78 is 1.99. The number of imidazole rings is 1. The van der Waals surface area contributed by atoms with Crippen molar-refractivity contribution in [2.45, 2.75) is 26.7 Å². The molecule has 0 saturated carbocycles. The fraction of sp³-hybridized carbons (Fsp3) is 0.174. The van der Waals surface area contributed by atoms with Crippen molar-refractivity contribution in [1.82, 2.24) is 9.38 Å². The highest BCUT2D eigenvalue weighted by molar-refractivity contribution is 7.15. The third-order valence-corrected chi connectivity index (χ3v) is 5.60. The van der Waals surface area contributed by atoms with E-state index in [9.17, 15) is 9.59 Å². The van der Waals surface area contributed by atoms with Crippen LogP contribution in [-0.4, -0.2) is 21.1 Å². The average molecular weight is 404 g/mol. The van der Waals surface area contributed by atoms with Crippen molar-refractivity contribution in [1.29, 1.82) is 0 Å². The number of aromatic nitrogens is 2. The van der Waals surface area contributed by atoms with Gasteiger partial charge in [0.05, 0.1) is 5.69 Å². The number of hydrogen-bond acceptors (Lipinski definition) is 4. The monoisotopic (exact) mass is 403 g/mol. The van der Waals surface area contributed by atoms with Crippen molar-refractivity contribution in [3.63, 3.8) is 0 Å². The van der Waals surface area contributed by atoms with Gasteiger partial charge in [-0.15, -0.1) is 11.3 Å². The van der Waals surface area contributed by atoms with Crippen LogP contribution in [0.1, 0.15) is 34.3 Å². The number of aryl methyl sites for hydroxylation is 2. The molecule has 2 aromatic carbocycles. The van der Waals surface area contributed by atoms with Crippen molar-refractivity contribution in [2.75, 3.05) is 5.32 Å². The minimum absolute atomic E-state index is 0.00329. The van der Waals surface area contributed by atoms with Gasteiger partial charge in [0, 0.05) is 47.4 Å². The van der Waals surface area contributed by atoms with E-state index in [4.69, 9.17) is 0 Å². The molecular formula is C23H21N3O2S. The number of carbonyl (C=O) groups excluding carboxylic acids is 2. The molecule has 1 amide bonds. The van der Waals surface area contributed by atoms with Gasteiger partial charge in [-0.25, -0.2) is 4.98 Å². The molecule has 0 spiro atoms. The number of fused-ring (bicyclic) bond motifs is 1. The van der Waals surface area contributed by atoms with E-state index in [0.717, 1.165) is 27.3 Å². The van der Waals surface area contributed by atoms with Gasteiger partial charge in [-0.05, 0) is 37.6 Å². The summed E-state index contributed by atoms with van der Waals surface area (Å²) in [5.74, 6) is -0.171.